The van der Waals surface area contributed by atoms with Crippen LogP contribution in [0.2, 0.25) is 0 Å². The van der Waals surface area contributed by atoms with Crippen LogP contribution < -0.4 is 4.90 Å². The third-order valence-electron chi connectivity index (χ3n) is 10.5. The summed E-state index contributed by atoms with van der Waals surface area (Å²) in [6.45, 7) is 0. The molecule has 0 atom stereocenters. The summed E-state index contributed by atoms with van der Waals surface area (Å²) in [4.78, 5) is 2.45. The minimum atomic E-state index is -0.392. The van der Waals surface area contributed by atoms with Crippen LogP contribution in [0.25, 0.3) is 44.2 Å². The first kappa shape index (κ1) is 27.0. The fourth-order valence-electron chi connectivity index (χ4n) is 8.49. The van der Waals surface area contributed by atoms with Gasteiger partial charge in [0.2, 0.25) is 0 Å². The van der Waals surface area contributed by atoms with Gasteiger partial charge in [-0.1, -0.05) is 158 Å². The summed E-state index contributed by atoms with van der Waals surface area (Å²) < 4.78 is 0. The lowest BCUT2D eigenvalue weighted by Gasteiger charge is -2.32. The number of fused-ring (bicyclic) bond motifs is 11. The van der Waals surface area contributed by atoms with Crippen LogP contribution in [0.15, 0.2) is 188 Å². The summed E-state index contributed by atoms with van der Waals surface area (Å²) in [5.41, 5.74) is 16.2. The van der Waals surface area contributed by atoms with E-state index in [4.69, 9.17) is 0 Å². The van der Waals surface area contributed by atoms with Crippen molar-refractivity contribution in [2.45, 2.75) is 5.41 Å². The molecule has 48 heavy (non-hydrogen) atoms. The van der Waals surface area contributed by atoms with Crippen molar-refractivity contribution in [1.29, 1.82) is 0 Å². The molecule has 10 rings (SSSR count). The Balaban J connectivity index is 1.24. The van der Waals surface area contributed by atoms with Gasteiger partial charge in [-0.2, -0.15) is 0 Å². The molecule has 0 unspecified atom stereocenters. The van der Waals surface area contributed by atoms with E-state index in [1.807, 2.05) is 0 Å². The van der Waals surface area contributed by atoms with Crippen molar-refractivity contribution < 1.29 is 0 Å². The molecule has 0 aliphatic heterocycles. The molecule has 0 aromatic heterocycles. The van der Waals surface area contributed by atoms with Crippen LogP contribution in [0.4, 0.5) is 17.1 Å². The summed E-state index contributed by atoms with van der Waals surface area (Å²) >= 11 is 0. The number of hydrogen-bond donors (Lipinski definition) is 0. The van der Waals surface area contributed by atoms with Crippen molar-refractivity contribution in [3.8, 4) is 33.4 Å². The molecule has 0 radical (unpaired) electrons. The first-order chi connectivity index (χ1) is 23.8. The summed E-state index contributed by atoms with van der Waals surface area (Å²) in [5, 5.41) is 2.45. The Morgan fingerprint density at radius 1 is 0.333 bits per heavy atom. The lowest BCUT2D eigenvalue weighted by molar-refractivity contribution is 0.793. The van der Waals surface area contributed by atoms with Crippen LogP contribution in [-0.4, -0.2) is 0 Å². The molecule has 0 heterocycles. The average molecular weight is 610 g/mol. The zero-order valence-corrected chi connectivity index (χ0v) is 26.3. The molecular formula is C47H31N. The van der Waals surface area contributed by atoms with Crippen molar-refractivity contribution in [3.05, 3.63) is 210 Å². The van der Waals surface area contributed by atoms with E-state index < -0.39 is 5.41 Å². The van der Waals surface area contributed by atoms with E-state index in [1.54, 1.807) is 0 Å². The topological polar surface area (TPSA) is 3.24 Å². The maximum Gasteiger partial charge on any atom is 0.0726 e. The number of anilines is 3. The second kappa shape index (κ2) is 10.4. The third-order valence-corrected chi connectivity index (χ3v) is 10.5. The Hall–Kier alpha value is -6.18. The van der Waals surface area contributed by atoms with Crippen LogP contribution in [-0.2, 0) is 5.41 Å². The molecule has 8 aromatic carbocycles. The van der Waals surface area contributed by atoms with Crippen LogP contribution in [0.1, 0.15) is 22.3 Å². The predicted molar refractivity (Wildman–Crippen MR) is 200 cm³/mol. The molecule has 0 saturated carbocycles. The van der Waals surface area contributed by atoms with E-state index in [0.717, 1.165) is 17.1 Å². The number of rotatable bonds is 4. The molecule has 2 aliphatic rings. The van der Waals surface area contributed by atoms with E-state index in [2.05, 4.69) is 193 Å². The molecule has 0 bridgehead atoms. The molecule has 2 aliphatic carbocycles. The van der Waals surface area contributed by atoms with Gasteiger partial charge in [0, 0.05) is 16.8 Å². The highest BCUT2D eigenvalue weighted by atomic mass is 15.1. The molecule has 1 spiro atoms. The average Bonchev–Trinajstić information content (AvgIpc) is 3.63. The van der Waals surface area contributed by atoms with E-state index in [-0.39, 0.29) is 0 Å². The quantitative estimate of drug-likeness (QED) is 0.192. The Morgan fingerprint density at radius 3 is 1.50 bits per heavy atom. The standard InChI is InChI=1S/C47H31N/c1-2-13-32(14-3-1)33-25-27-35(28-26-33)48(46-24-12-16-34-15-4-5-17-37(34)46)36-29-30-41-40-20-8-11-23-44(40)47(45(41)31-36)42-21-9-6-18-38(42)39-19-7-10-22-43(39)47/h1-31H. The zero-order valence-electron chi connectivity index (χ0n) is 26.3. The number of nitrogens with zero attached hydrogens (tertiary/aromatic N) is 1. The van der Waals surface area contributed by atoms with E-state index in [9.17, 15) is 0 Å². The highest BCUT2D eigenvalue weighted by molar-refractivity contribution is 6.01. The van der Waals surface area contributed by atoms with Crippen molar-refractivity contribution in [2.24, 2.45) is 0 Å². The van der Waals surface area contributed by atoms with Gasteiger partial charge >= 0.3 is 0 Å². The minimum absolute atomic E-state index is 0.392. The summed E-state index contributed by atoms with van der Waals surface area (Å²) in [6.07, 6.45) is 0. The monoisotopic (exact) mass is 609 g/mol. The Bertz CT molecular complexity index is 2440. The van der Waals surface area contributed by atoms with Gasteiger partial charge in [0.25, 0.3) is 0 Å². The molecule has 1 heteroatoms. The van der Waals surface area contributed by atoms with Crippen LogP contribution in [0.3, 0.4) is 0 Å². The van der Waals surface area contributed by atoms with Gasteiger partial charge < -0.3 is 4.90 Å². The minimum Gasteiger partial charge on any atom is -0.310 e. The first-order valence-corrected chi connectivity index (χ1v) is 16.7. The highest BCUT2D eigenvalue weighted by Gasteiger charge is 2.51. The number of hydrogen-bond acceptors (Lipinski definition) is 1. The Morgan fingerprint density at radius 2 is 0.833 bits per heavy atom. The maximum absolute atomic E-state index is 2.47. The van der Waals surface area contributed by atoms with Gasteiger partial charge in [-0.05, 0) is 91.4 Å². The van der Waals surface area contributed by atoms with Crippen molar-refractivity contribution in [1.82, 2.24) is 0 Å². The fraction of sp³-hybridized carbons (Fsp3) is 0.0213. The largest absolute Gasteiger partial charge is 0.310 e. The van der Waals surface area contributed by atoms with Gasteiger partial charge in [-0.25, -0.2) is 0 Å². The predicted octanol–water partition coefficient (Wildman–Crippen LogP) is 12.3. The zero-order chi connectivity index (χ0) is 31.7. The SMILES string of the molecule is c1ccc(-c2ccc(N(c3ccc4c(c3)C3(c5ccccc5-c5ccccc53)c3ccccc3-4)c3cccc4ccccc34)cc2)cc1. The first-order valence-electron chi connectivity index (χ1n) is 16.7. The van der Waals surface area contributed by atoms with E-state index >= 15 is 0 Å². The van der Waals surface area contributed by atoms with Crippen LogP contribution in [0.5, 0.6) is 0 Å². The van der Waals surface area contributed by atoms with Gasteiger partial charge in [0.1, 0.15) is 0 Å². The smallest absolute Gasteiger partial charge is 0.0726 e. The molecule has 0 amide bonds. The van der Waals surface area contributed by atoms with Crippen molar-refractivity contribution in [2.75, 3.05) is 4.90 Å². The summed E-state index contributed by atoms with van der Waals surface area (Å²) in [5.74, 6) is 0. The van der Waals surface area contributed by atoms with E-state index in [1.165, 1.54) is 66.4 Å². The molecule has 224 valence electrons. The second-order valence-electron chi connectivity index (χ2n) is 12.9. The van der Waals surface area contributed by atoms with Gasteiger partial charge in [0.15, 0.2) is 0 Å². The maximum atomic E-state index is 2.47. The van der Waals surface area contributed by atoms with Crippen molar-refractivity contribution >= 4 is 27.8 Å². The normalized spacial score (nSPS) is 13.2. The molecule has 0 N–H and O–H groups in total. The molecule has 1 nitrogen and oxygen atoms in total. The fourth-order valence-corrected chi connectivity index (χ4v) is 8.49. The van der Waals surface area contributed by atoms with Crippen molar-refractivity contribution in [3.63, 3.8) is 0 Å². The second-order valence-corrected chi connectivity index (χ2v) is 12.9. The molecule has 8 aromatic rings. The lowest BCUT2D eigenvalue weighted by Crippen LogP contribution is -2.26. The molecular weight excluding hydrogens is 579 g/mol. The molecule has 0 saturated heterocycles. The summed E-state index contributed by atoms with van der Waals surface area (Å²) in [7, 11) is 0. The number of benzene rings is 8. The third kappa shape index (κ3) is 3.73. The van der Waals surface area contributed by atoms with Crippen LogP contribution in [0, 0.1) is 0 Å². The van der Waals surface area contributed by atoms with Gasteiger partial charge in [-0.15, -0.1) is 0 Å². The highest BCUT2D eigenvalue weighted by Crippen LogP contribution is 2.63. The summed E-state index contributed by atoms with van der Waals surface area (Å²) in [6, 6.07) is 69.2. The Labute approximate surface area is 281 Å². The lowest BCUT2D eigenvalue weighted by atomic mass is 9.70. The van der Waals surface area contributed by atoms with Gasteiger partial charge in [-0.3, -0.25) is 0 Å². The molecule has 0 fully saturated rings. The van der Waals surface area contributed by atoms with E-state index in [0.29, 0.717) is 0 Å². The van der Waals surface area contributed by atoms with Gasteiger partial charge in [0.05, 0.1) is 11.1 Å². The van der Waals surface area contributed by atoms with Crippen LogP contribution >= 0.6 is 0 Å². The Kier molecular flexibility index (Phi) is 5.86.